The number of halogens is 1. The zero-order valence-electron chi connectivity index (χ0n) is 14.3. The van der Waals surface area contributed by atoms with Crippen molar-refractivity contribution in [1.82, 2.24) is 5.32 Å². The number of hydrogen-bond donors (Lipinski definition) is 3. The minimum absolute atomic E-state index is 0.112. The molecule has 1 unspecified atom stereocenters. The van der Waals surface area contributed by atoms with Gasteiger partial charge in [-0.05, 0) is 55.8 Å². The Morgan fingerprint density at radius 2 is 1.80 bits per heavy atom. The van der Waals surface area contributed by atoms with Crippen LogP contribution in [0.4, 0.5) is 11.4 Å². The summed E-state index contributed by atoms with van der Waals surface area (Å²) in [4.78, 5) is 24.2. The molecule has 2 aromatic carbocycles. The number of carbonyl (C=O) groups is 2. The molecule has 0 aliphatic carbocycles. The van der Waals surface area contributed by atoms with Crippen molar-refractivity contribution in [2.45, 2.75) is 26.3 Å². The molecule has 0 aliphatic heterocycles. The summed E-state index contributed by atoms with van der Waals surface area (Å²) in [5.74, 6) is -0.319. The van der Waals surface area contributed by atoms with Crippen molar-refractivity contribution in [3.8, 4) is 0 Å². The number of anilines is 2. The topological polar surface area (TPSA) is 70.2 Å². The van der Waals surface area contributed by atoms with Gasteiger partial charge in [-0.3, -0.25) is 9.59 Å². The Kier molecular flexibility index (Phi) is 7.01. The van der Waals surface area contributed by atoms with Gasteiger partial charge in [0.1, 0.15) is 0 Å². The first-order valence-corrected chi connectivity index (χ1v) is 8.97. The Labute approximate surface area is 156 Å². The molecule has 0 heterocycles. The van der Waals surface area contributed by atoms with Gasteiger partial charge in [-0.25, -0.2) is 0 Å². The molecule has 2 amide bonds. The number of hydrogen-bond acceptors (Lipinski definition) is 3. The van der Waals surface area contributed by atoms with E-state index in [-0.39, 0.29) is 24.4 Å². The zero-order valence-corrected chi connectivity index (χ0v) is 15.9. The summed E-state index contributed by atoms with van der Waals surface area (Å²) >= 11 is 3.37. The second kappa shape index (κ2) is 9.22. The van der Waals surface area contributed by atoms with Gasteiger partial charge >= 0.3 is 0 Å². The molecular weight excluding hydrogens is 382 g/mol. The molecule has 0 aromatic heterocycles. The van der Waals surface area contributed by atoms with E-state index in [0.717, 1.165) is 16.6 Å². The third-order valence-corrected chi connectivity index (χ3v) is 4.22. The van der Waals surface area contributed by atoms with Gasteiger partial charge in [0.2, 0.25) is 5.91 Å². The van der Waals surface area contributed by atoms with Gasteiger partial charge in [-0.2, -0.15) is 0 Å². The fraction of sp³-hybridized carbons (Fsp3) is 0.263. The van der Waals surface area contributed by atoms with Gasteiger partial charge in [0.15, 0.2) is 0 Å². The third kappa shape index (κ3) is 6.23. The van der Waals surface area contributed by atoms with Crippen LogP contribution >= 0.6 is 15.9 Å². The van der Waals surface area contributed by atoms with Crippen molar-refractivity contribution in [3.63, 3.8) is 0 Å². The predicted octanol–water partition coefficient (Wildman–Crippen LogP) is 4.03. The lowest BCUT2D eigenvalue weighted by molar-refractivity contribution is -0.114. The summed E-state index contributed by atoms with van der Waals surface area (Å²) in [6, 6.07) is 14.6. The van der Waals surface area contributed by atoms with Crippen molar-refractivity contribution in [1.29, 1.82) is 0 Å². The van der Waals surface area contributed by atoms with Gasteiger partial charge in [0.25, 0.3) is 5.91 Å². The fourth-order valence-corrected chi connectivity index (χ4v) is 2.37. The third-order valence-electron chi connectivity index (χ3n) is 3.70. The SMILES string of the molecule is CCC(C)NC(=O)c1cccc(NC(=O)CNc2ccc(Br)cc2)c1. The van der Waals surface area contributed by atoms with Gasteiger partial charge in [0.05, 0.1) is 6.54 Å². The van der Waals surface area contributed by atoms with E-state index >= 15 is 0 Å². The van der Waals surface area contributed by atoms with Crippen LogP contribution in [0.3, 0.4) is 0 Å². The zero-order chi connectivity index (χ0) is 18.2. The quantitative estimate of drug-likeness (QED) is 0.653. The highest BCUT2D eigenvalue weighted by molar-refractivity contribution is 9.10. The standard InChI is InChI=1S/C19H22BrN3O2/c1-3-13(2)22-19(25)14-5-4-6-17(11-14)23-18(24)12-21-16-9-7-15(20)8-10-16/h4-11,13,21H,3,12H2,1-2H3,(H,22,25)(H,23,24). The van der Waals surface area contributed by atoms with Gasteiger partial charge in [-0.15, -0.1) is 0 Å². The van der Waals surface area contributed by atoms with Crippen molar-refractivity contribution < 1.29 is 9.59 Å². The molecular formula is C19H22BrN3O2. The highest BCUT2D eigenvalue weighted by Crippen LogP contribution is 2.14. The Balaban J connectivity index is 1.91. The highest BCUT2D eigenvalue weighted by Gasteiger charge is 2.10. The molecule has 0 saturated carbocycles. The Hall–Kier alpha value is -2.34. The minimum atomic E-state index is -0.178. The first-order chi connectivity index (χ1) is 12.0. The lowest BCUT2D eigenvalue weighted by atomic mass is 10.1. The van der Waals surface area contributed by atoms with Gasteiger partial charge in [0, 0.05) is 27.5 Å². The Morgan fingerprint density at radius 1 is 1.08 bits per heavy atom. The number of amides is 2. The van der Waals surface area contributed by atoms with E-state index in [1.54, 1.807) is 24.3 Å². The highest BCUT2D eigenvalue weighted by atomic mass is 79.9. The van der Waals surface area contributed by atoms with Crippen LogP contribution in [-0.2, 0) is 4.79 Å². The van der Waals surface area contributed by atoms with E-state index in [1.165, 1.54) is 0 Å². The average Bonchev–Trinajstić information content (AvgIpc) is 2.61. The second-order valence-electron chi connectivity index (χ2n) is 5.77. The molecule has 5 nitrogen and oxygen atoms in total. The van der Waals surface area contributed by atoms with E-state index in [4.69, 9.17) is 0 Å². The van der Waals surface area contributed by atoms with E-state index in [2.05, 4.69) is 31.9 Å². The van der Waals surface area contributed by atoms with E-state index in [0.29, 0.717) is 11.3 Å². The first-order valence-electron chi connectivity index (χ1n) is 8.18. The Morgan fingerprint density at radius 3 is 2.48 bits per heavy atom. The van der Waals surface area contributed by atoms with E-state index in [1.807, 2.05) is 38.1 Å². The normalized spacial score (nSPS) is 11.5. The first kappa shape index (κ1) is 19.0. The molecule has 25 heavy (non-hydrogen) atoms. The monoisotopic (exact) mass is 403 g/mol. The molecule has 0 saturated heterocycles. The largest absolute Gasteiger partial charge is 0.376 e. The molecule has 2 rings (SSSR count). The molecule has 0 radical (unpaired) electrons. The molecule has 0 bridgehead atoms. The molecule has 132 valence electrons. The van der Waals surface area contributed by atoms with Gasteiger partial charge in [-0.1, -0.05) is 28.9 Å². The molecule has 0 fully saturated rings. The smallest absolute Gasteiger partial charge is 0.251 e. The Bertz CT molecular complexity index is 732. The molecule has 2 aromatic rings. The molecule has 0 spiro atoms. The van der Waals surface area contributed by atoms with Crippen molar-refractivity contribution in [2.75, 3.05) is 17.2 Å². The molecule has 1 atom stereocenters. The summed E-state index contributed by atoms with van der Waals surface area (Å²) in [5, 5.41) is 8.76. The average molecular weight is 404 g/mol. The van der Waals surface area contributed by atoms with Gasteiger partial charge < -0.3 is 16.0 Å². The van der Waals surface area contributed by atoms with Crippen LogP contribution in [0.2, 0.25) is 0 Å². The van der Waals surface area contributed by atoms with Crippen LogP contribution in [0.1, 0.15) is 30.6 Å². The van der Waals surface area contributed by atoms with Crippen LogP contribution < -0.4 is 16.0 Å². The molecule has 6 heteroatoms. The summed E-state index contributed by atoms with van der Waals surface area (Å²) < 4.78 is 0.981. The van der Waals surface area contributed by atoms with E-state index < -0.39 is 0 Å². The van der Waals surface area contributed by atoms with Crippen LogP contribution in [-0.4, -0.2) is 24.4 Å². The van der Waals surface area contributed by atoms with E-state index in [9.17, 15) is 9.59 Å². The summed E-state index contributed by atoms with van der Waals surface area (Å²) in [5.41, 5.74) is 1.98. The molecule has 3 N–H and O–H groups in total. The fourth-order valence-electron chi connectivity index (χ4n) is 2.10. The maximum Gasteiger partial charge on any atom is 0.251 e. The predicted molar refractivity (Wildman–Crippen MR) is 105 cm³/mol. The summed E-state index contributed by atoms with van der Waals surface area (Å²) in [6.45, 7) is 4.11. The van der Waals surface area contributed by atoms with Crippen molar-refractivity contribution in [3.05, 3.63) is 58.6 Å². The number of nitrogens with one attached hydrogen (secondary N) is 3. The number of benzene rings is 2. The maximum absolute atomic E-state index is 12.2. The summed E-state index contributed by atoms with van der Waals surface area (Å²) in [7, 11) is 0. The number of carbonyl (C=O) groups excluding carboxylic acids is 2. The van der Waals surface area contributed by atoms with Crippen molar-refractivity contribution in [2.24, 2.45) is 0 Å². The maximum atomic E-state index is 12.2. The molecule has 0 aliphatic rings. The van der Waals surface area contributed by atoms with Crippen LogP contribution in [0.25, 0.3) is 0 Å². The summed E-state index contributed by atoms with van der Waals surface area (Å²) in [6.07, 6.45) is 0.865. The van der Waals surface area contributed by atoms with Crippen molar-refractivity contribution >= 4 is 39.1 Å². The lowest BCUT2D eigenvalue weighted by Crippen LogP contribution is -2.32. The van der Waals surface area contributed by atoms with Crippen LogP contribution in [0.5, 0.6) is 0 Å². The minimum Gasteiger partial charge on any atom is -0.376 e. The van der Waals surface area contributed by atoms with Crippen LogP contribution in [0, 0.1) is 0 Å². The second-order valence-corrected chi connectivity index (χ2v) is 6.69. The number of rotatable bonds is 7. The van der Waals surface area contributed by atoms with Crippen LogP contribution in [0.15, 0.2) is 53.0 Å². The lowest BCUT2D eigenvalue weighted by Gasteiger charge is -2.12.